The number of aryl methyl sites for hydroxylation is 1. The molecule has 2 saturated heterocycles. The number of likely N-dealkylation sites (tertiary alicyclic amines) is 2. The van der Waals surface area contributed by atoms with Crippen LogP contribution in [-0.4, -0.2) is 55.2 Å². The average Bonchev–Trinajstić information content (AvgIpc) is 3.99. The Morgan fingerprint density at radius 3 is 1.73 bits per heavy atom. The molecule has 4 saturated carbocycles. The van der Waals surface area contributed by atoms with Gasteiger partial charge in [-0.05, 0) is 179 Å². The van der Waals surface area contributed by atoms with E-state index in [0.29, 0.717) is 5.92 Å². The number of rotatable bonds is 6. The molecule has 9 rings (SSSR count). The normalized spacial score (nSPS) is 30.2. The standard InChI is InChI=1S/C26H30N2O.C19H27N/c1-29-26-9-8-20(23-5-3-2-4-22(23)17-27)16-24(26)19-10-12-28(13-11-19)25-15-18-6-7-21(25)14-18;1-14-4-2-3-5-18(14)16-8-10-20(11-9-16)19-13-15-6-7-17(19)12-15/h2-5,8-9,16,18-19,21,25H,6-7,10-15H2,1H3;2-5,15-17,19H,6-13H2,1H3/t18-,21-,25-;15-,17-,19-/m00/s1. The molecule has 258 valence electrons. The zero-order chi connectivity index (χ0) is 33.3. The highest BCUT2D eigenvalue weighted by atomic mass is 16.5. The van der Waals surface area contributed by atoms with Crippen LogP contribution in [0, 0.1) is 41.9 Å². The lowest BCUT2D eigenvalue weighted by molar-refractivity contribution is 0.110. The Labute approximate surface area is 295 Å². The summed E-state index contributed by atoms with van der Waals surface area (Å²) in [5.74, 6) is 6.45. The molecule has 0 unspecified atom stereocenters. The van der Waals surface area contributed by atoms with E-state index in [9.17, 15) is 5.26 Å². The van der Waals surface area contributed by atoms with Crippen molar-refractivity contribution in [3.63, 3.8) is 0 Å². The van der Waals surface area contributed by atoms with E-state index < -0.39 is 0 Å². The van der Waals surface area contributed by atoms with Crippen LogP contribution in [0.1, 0.15) is 111 Å². The molecular weight excluding hydrogens is 599 g/mol. The molecule has 3 aromatic rings. The summed E-state index contributed by atoms with van der Waals surface area (Å²) in [6.45, 7) is 7.37. The van der Waals surface area contributed by atoms with Crippen molar-refractivity contribution in [3.05, 3.63) is 89.0 Å². The molecule has 0 amide bonds. The molecule has 0 aromatic heterocycles. The quantitative estimate of drug-likeness (QED) is 0.265. The maximum absolute atomic E-state index is 9.50. The van der Waals surface area contributed by atoms with Crippen LogP contribution in [-0.2, 0) is 0 Å². The van der Waals surface area contributed by atoms with Crippen LogP contribution >= 0.6 is 0 Å². The summed E-state index contributed by atoms with van der Waals surface area (Å²) in [5.41, 5.74) is 7.28. The molecule has 4 nitrogen and oxygen atoms in total. The van der Waals surface area contributed by atoms with E-state index in [2.05, 4.69) is 65.3 Å². The molecule has 2 aliphatic heterocycles. The first kappa shape index (κ1) is 33.0. The Bertz CT molecular complexity index is 1630. The Hall–Kier alpha value is -3.13. The molecule has 0 spiro atoms. The first-order chi connectivity index (χ1) is 24.1. The van der Waals surface area contributed by atoms with Crippen molar-refractivity contribution in [1.82, 2.24) is 9.80 Å². The number of piperidine rings is 2. The number of nitriles is 1. The summed E-state index contributed by atoms with van der Waals surface area (Å²) >= 11 is 0. The Morgan fingerprint density at radius 1 is 0.633 bits per heavy atom. The van der Waals surface area contributed by atoms with E-state index in [1.807, 2.05) is 24.3 Å². The predicted octanol–water partition coefficient (Wildman–Crippen LogP) is 9.96. The molecule has 6 atom stereocenters. The van der Waals surface area contributed by atoms with E-state index >= 15 is 0 Å². The molecule has 6 aliphatic rings. The number of hydrogen-bond donors (Lipinski definition) is 0. The molecule has 4 aliphatic carbocycles. The minimum absolute atomic E-state index is 0.536. The van der Waals surface area contributed by atoms with Gasteiger partial charge in [-0.3, -0.25) is 0 Å². The number of benzene rings is 3. The highest BCUT2D eigenvalue weighted by Gasteiger charge is 2.44. The smallest absolute Gasteiger partial charge is 0.122 e. The first-order valence-corrected chi connectivity index (χ1v) is 19.8. The Kier molecular flexibility index (Phi) is 9.85. The van der Waals surface area contributed by atoms with Crippen LogP contribution in [0.2, 0.25) is 0 Å². The van der Waals surface area contributed by atoms with Crippen molar-refractivity contribution in [1.29, 1.82) is 5.26 Å². The number of fused-ring (bicyclic) bond motifs is 4. The molecule has 0 radical (unpaired) electrons. The summed E-state index contributed by atoms with van der Waals surface area (Å²) in [4.78, 5) is 5.64. The maximum Gasteiger partial charge on any atom is 0.122 e. The topological polar surface area (TPSA) is 39.5 Å². The summed E-state index contributed by atoms with van der Waals surface area (Å²) in [6, 6.07) is 27.5. The lowest BCUT2D eigenvalue weighted by Crippen LogP contribution is -2.43. The van der Waals surface area contributed by atoms with Crippen LogP contribution in [0.3, 0.4) is 0 Å². The molecule has 4 heteroatoms. The van der Waals surface area contributed by atoms with Gasteiger partial charge in [0, 0.05) is 12.1 Å². The van der Waals surface area contributed by atoms with Crippen molar-refractivity contribution in [2.45, 2.75) is 108 Å². The summed E-state index contributed by atoms with van der Waals surface area (Å²) in [5, 5.41) is 9.50. The van der Waals surface area contributed by atoms with E-state index in [1.165, 1.54) is 108 Å². The van der Waals surface area contributed by atoms with E-state index in [1.54, 1.807) is 19.1 Å². The van der Waals surface area contributed by atoms with Crippen LogP contribution in [0.5, 0.6) is 5.75 Å². The van der Waals surface area contributed by atoms with Gasteiger partial charge in [0.05, 0.1) is 18.7 Å². The van der Waals surface area contributed by atoms with Crippen molar-refractivity contribution >= 4 is 0 Å². The maximum atomic E-state index is 9.50. The second kappa shape index (κ2) is 14.6. The molecule has 4 bridgehead atoms. The highest BCUT2D eigenvalue weighted by Crippen LogP contribution is 2.49. The van der Waals surface area contributed by atoms with Crippen molar-refractivity contribution in [2.24, 2.45) is 23.7 Å². The fraction of sp³-hybridized carbons (Fsp3) is 0.578. The molecule has 0 N–H and O–H groups in total. The number of nitrogens with zero attached hydrogens (tertiary/aromatic N) is 3. The number of methoxy groups -OCH3 is 1. The van der Waals surface area contributed by atoms with Gasteiger partial charge in [-0.1, -0.05) is 61.4 Å². The van der Waals surface area contributed by atoms with Crippen molar-refractivity contribution in [3.8, 4) is 22.9 Å². The monoisotopic (exact) mass is 655 g/mol. The SMILES string of the molecule is COc1ccc(-c2ccccc2C#N)cc1C1CCN([C@H]2C[C@H]3CC[C@H]2C3)CC1.Cc1ccccc1C1CCN([C@H]2C[C@H]3CC[C@H]2C3)CC1. The van der Waals surface area contributed by atoms with Gasteiger partial charge in [0.15, 0.2) is 0 Å². The molecular formula is C45H57N3O. The zero-order valence-corrected chi connectivity index (χ0v) is 30.0. The third kappa shape index (κ3) is 6.83. The number of ether oxygens (including phenoxy) is 1. The third-order valence-corrected chi connectivity index (χ3v) is 14.1. The molecule has 6 fully saturated rings. The second-order valence-electron chi connectivity index (χ2n) is 16.6. The van der Waals surface area contributed by atoms with Gasteiger partial charge in [0.2, 0.25) is 0 Å². The van der Waals surface area contributed by atoms with Gasteiger partial charge in [0.25, 0.3) is 0 Å². The van der Waals surface area contributed by atoms with Crippen LogP contribution < -0.4 is 4.74 Å². The van der Waals surface area contributed by atoms with Crippen LogP contribution in [0.15, 0.2) is 66.7 Å². The highest BCUT2D eigenvalue weighted by molar-refractivity contribution is 5.72. The van der Waals surface area contributed by atoms with E-state index in [-0.39, 0.29) is 0 Å². The molecule has 49 heavy (non-hydrogen) atoms. The lowest BCUT2D eigenvalue weighted by Gasteiger charge is -2.40. The molecule has 3 aromatic carbocycles. The largest absolute Gasteiger partial charge is 0.496 e. The van der Waals surface area contributed by atoms with Gasteiger partial charge < -0.3 is 14.5 Å². The van der Waals surface area contributed by atoms with E-state index in [4.69, 9.17) is 4.74 Å². The Morgan fingerprint density at radius 2 is 1.20 bits per heavy atom. The average molecular weight is 656 g/mol. The lowest BCUT2D eigenvalue weighted by atomic mass is 9.85. The van der Waals surface area contributed by atoms with Crippen molar-refractivity contribution < 1.29 is 4.74 Å². The predicted molar refractivity (Wildman–Crippen MR) is 200 cm³/mol. The second-order valence-corrected chi connectivity index (χ2v) is 16.6. The van der Waals surface area contributed by atoms with Crippen LogP contribution in [0.25, 0.3) is 11.1 Å². The fourth-order valence-electron chi connectivity index (χ4n) is 11.5. The summed E-state index contributed by atoms with van der Waals surface area (Å²) < 4.78 is 5.73. The van der Waals surface area contributed by atoms with Crippen LogP contribution in [0.4, 0.5) is 0 Å². The third-order valence-electron chi connectivity index (χ3n) is 14.1. The van der Waals surface area contributed by atoms with E-state index in [0.717, 1.165) is 64.1 Å². The number of hydrogen-bond acceptors (Lipinski definition) is 4. The zero-order valence-electron chi connectivity index (χ0n) is 30.0. The van der Waals surface area contributed by atoms with Gasteiger partial charge >= 0.3 is 0 Å². The minimum Gasteiger partial charge on any atom is -0.496 e. The van der Waals surface area contributed by atoms with Gasteiger partial charge in [-0.15, -0.1) is 0 Å². The summed E-state index contributed by atoms with van der Waals surface area (Å²) in [6.07, 6.45) is 17.1. The first-order valence-electron chi connectivity index (χ1n) is 19.8. The summed E-state index contributed by atoms with van der Waals surface area (Å²) in [7, 11) is 1.77. The molecule has 2 heterocycles. The van der Waals surface area contributed by atoms with Crippen molar-refractivity contribution in [2.75, 3.05) is 33.3 Å². The fourth-order valence-corrected chi connectivity index (χ4v) is 11.5. The van der Waals surface area contributed by atoms with Gasteiger partial charge in [-0.25, -0.2) is 0 Å². The minimum atomic E-state index is 0.536. The Balaban J connectivity index is 0.000000152. The van der Waals surface area contributed by atoms with Gasteiger partial charge in [0.1, 0.15) is 5.75 Å². The van der Waals surface area contributed by atoms with Gasteiger partial charge in [-0.2, -0.15) is 5.26 Å².